The van der Waals surface area contributed by atoms with Crippen LogP contribution in [0, 0.1) is 0 Å². The minimum absolute atomic E-state index is 0.00654. The number of carbonyl (C=O) groups excluding carboxylic acids is 2. The lowest BCUT2D eigenvalue weighted by Gasteiger charge is -2.21. The minimum Gasteiger partial charge on any atom is -0.345 e. The third-order valence-electron chi connectivity index (χ3n) is 5.91. The van der Waals surface area contributed by atoms with Crippen molar-refractivity contribution >= 4 is 41.1 Å². The zero-order valence-corrected chi connectivity index (χ0v) is 21.4. The van der Waals surface area contributed by atoms with Gasteiger partial charge in [0, 0.05) is 6.92 Å². The second-order valence-electron chi connectivity index (χ2n) is 9.10. The van der Waals surface area contributed by atoms with Gasteiger partial charge in [0.25, 0.3) is 11.8 Å². The van der Waals surface area contributed by atoms with Crippen LogP contribution in [0.4, 0.5) is 35.1 Å². The Bertz CT molecular complexity index is 1280. The van der Waals surface area contributed by atoms with Crippen molar-refractivity contribution in [2.45, 2.75) is 49.5 Å². The summed E-state index contributed by atoms with van der Waals surface area (Å²) in [6.07, 6.45) is -7.90. The van der Waals surface area contributed by atoms with Crippen molar-refractivity contribution in [3.8, 4) is 0 Å². The van der Waals surface area contributed by atoms with Crippen LogP contribution in [0.3, 0.4) is 0 Å². The Morgan fingerprint density at radius 2 is 1.62 bits per heavy atom. The van der Waals surface area contributed by atoms with Gasteiger partial charge in [-0.2, -0.15) is 26.3 Å². The van der Waals surface area contributed by atoms with Gasteiger partial charge in [-0.1, -0.05) is 47.5 Å². The predicted octanol–water partition coefficient (Wildman–Crippen LogP) is 7.41. The quantitative estimate of drug-likeness (QED) is 0.309. The van der Waals surface area contributed by atoms with Gasteiger partial charge in [-0.25, -0.2) is 8.78 Å². The Morgan fingerprint density at radius 1 is 0.974 bits per heavy atom. The first-order valence-corrected chi connectivity index (χ1v) is 12.0. The summed E-state index contributed by atoms with van der Waals surface area (Å²) in [5.74, 6) is -7.43. The topological polar surface area (TPSA) is 58.2 Å². The molecule has 1 fully saturated rings. The van der Waals surface area contributed by atoms with E-state index in [0.29, 0.717) is 13.0 Å². The number of carbonyl (C=O) groups is 2. The van der Waals surface area contributed by atoms with E-state index in [2.05, 4.69) is 5.32 Å². The molecule has 4 nitrogen and oxygen atoms in total. The fourth-order valence-electron chi connectivity index (χ4n) is 3.75. The zero-order valence-electron chi connectivity index (χ0n) is 19.9. The predicted molar refractivity (Wildman–Crippen MR) is 129 cm³/mol. The van der Waals surface area contributed by atoms with E-state index in [1.165, 1.54) is 18.2 Å². The maximum Gasteiger partial charge on any atom is 0.417 e. The molecule has 1 saturated carbocycles. The third-order valence-corrected chi connectivity index (χ3v) is 6.65. The molecule has 2 N–H and O–H groups in total. The summed E-state index contributed by atoms with van der Waals surface area (Å²) in [6.45, 7) is -1.05. The average Bonchev–Trinajstić information content (AvgIpc) is 3.58. The Morgan fingerprint density at radius 3 is 2.13 bits per heavy atom. The first-order chi connectivity index (χ1) is 17.8. The van der Waals surface area contributed by atoms with Gasteiger partial charge in [-0.3, -0.25) is 9.59 Å². The van der Waals surface area contributed by atoms with Crippen molar-refractivity contribution < 1.29 is 44.7 Å². The van der Waals surface area contributed by atoms with Gasteiger partial charge < -0.3 is 10.6 Å². The van der Waals surface area contributed by atoms with Crippen LogP contribution in [0.25, 0.3) is 6.08 Å². The molecule has 0 aromatic heterocycles. The summed E-state index contributed by atoms with van der Waals surface area (Å²) in [7, 11) is 0. The van der Waals surface area contributed by atoms with Gasteiger partial charge in [0.15, 0.2) is 0 Å². The van der Waals surface area contributed by atoms with Crippen LogP contribution in [0.2, 0.25) is 10.0 Å². The summed E-state index contributed by atoms with van der Waals surface area (Å²) in [4.78, 5) is 24.8. The van der Waals surface area contributed by atoms with Crippen LogP contribution in [0.1, 0.15) is 52.7 Å². The van der Waals surface area contributed by atoms with Crippen molar-refractivity contribution in [3.63, 3.8) is 0 Å². The van der Waals surface area contributed by atoms with Gasteiger partial charge in [-0.15, -0.1) is 0 Å². The molecule has 0 spiro atoms. The van der Waals surface area contributed by atoms with Crippen LogP contribution < -0.4 is 10.6 Å². The smallest absolute Gasteiger partial charge is 0.345 e. The summed E-state index contributed by atoms with van der Waals surface area (Å²) in [6, 6.07) is 6.24. The van der Waals surface area contributed by atoms with Crippen molar-refractivity contribution in [2.24, 2.45) is 0 Å². The summed E-state index contributed by atoms with van der Waals surface area (Å²) >= 11 is 11.7. The third kappa shape index (κ3) is 7.84. The standard InChI is InChI=1S/C25H20Cl2F8N2O2/c1-22(28,29)16(14-4-7-18(26)19(27)11-14)6-3-13-2-5-15(17(10-13)25(33,34)35)20(38)37-23(8-9-23)21(39)36-12-24(30,31)32/h2-7,10-11,16H,8-9,12H2,1H3,(H,36,39)(H,37,38)/b6-3+. The monoisotopic (exact) mass is 602 g/mol. The molecular weight excluding hydrogens is 583 g/mol. The van der Waals surface area contributed by atoms with E-state index in [1.54, 1.807) is 5.32 Å². The molecule has 2 aromatic carbocycles. The van der Waals surface area contributed by atoms with Crippen molar-refractivity contribution in [2.75, 3.05) is 6.54 Å². The fraction of sp³-hybridized carbons (Fsp3) is 0.360. The number of nitrogens with one attached hydrogen (secondary N) is 2. The molecule has 212 valence electrons. The number of halogens is 10. The highest BCUT2D eigenvalue weighted by Crippen LogP contribution is 2.39. The average molecular weight is 603 g/mol. The number of benzene rings is 2. The van der Waals surface area contributed by atoms with Gasteiger partial charge in [-0.05, 0) is 48.2 Å². The first-order valence-electron chi connectivity index (χ1n) is 11.2. The van der Waals surface area contributed by atoms with E-state index in [1.807, 2.05) is 0 Å². The molecular formula is C25H20Cl2F8N2O2. The molecule has 14 heteroatoms. The van der Waals surface area contributed by atoms with E-state index >= 15 is 0 Å². The fourth-order valence-corrected chi connectivity index (χ4v) is 4.06. The molecule has 0 bridgehead atoms. The van der Waals surface area contributed by atoms with Crippen LogP contribution in [-0.4, -0.2) is 36.0 Å². The minimum atomic E-state index is -5.07. The molecule has 0 aliphatic heterocycles. The van der Waals surface area contributed by atoms with Crippen molar-refractivity contribution in [1.82, 2.24) is 10.6 Å². The lowest BCUT2D eigenvalue weighted by Crippen LogP contribution is -2.51. The number of amides is 2. The number of hydrogen-bond donors (Lipinski definition) is 2. The van der Waals surface area contributed by atoms with E-state index in [0.717, 1.165) is 24.3 Å². The highest BCUT2D eigenvalue weighted by Gasteiger charge is 2.52. The van der Waals surface area contributed by atoms with Gasteiger partial charge in [0.2, 0.25) is 5.91 Å². The summed E-state index contributed by atoms with van der Waals surface area (Å²) < 4.78 is 107. The maximum atomic E-state index is 14.3. The number of alkyl halides is 8. The number of allylic oxidation sites excluding steroid dienone is 1. The maximum absolute atomic E-state index is 14.3. The van der Waals surface area contributed by atoms with Crippen molar-refractivity contribution in [1.29, 1.82) is 0 Å². The molecule has 1 aliphatic carbocycles. The second-order valence-corrected chi connectivity index (χ2v) is 9.92. The van der Waals surface area contributed by atoms with Gasteiger partial charge in [0.1, 0.15) is 12.1 Å². The SMILES string of the molecule is CC(F)(F)C(/C=C/c1ccc(C(=O)NC2(C(=O)NCC(F)(F)F)CC2)c(C(F)(F)F)c1)c1ccc(Cl)c(Cl)c1. The van der Waals surface area contributed by atoms with E-state index < -0.39 is 59.2 Å². The molecule has 1 atom stereocenters. The molecule has 0 heterocycles. The van der Waals surface area contributed by atoms with Crippen molar-refractivity contribution in [3.05, 3.63) is 74.8 Å². The Kier molecular flexibility index (Phi) is 8.62. The Balaban J connectivity index is 1.88. The van der Waals surface area contributed by atoms with Gasteiger partial charge >= 0.3 is 12.4 Å². The number of hydrogen-bond acceptors (Lipinski definition) is 2. The zero-order chi connectivity index (χ0) is 29.4. The molecule has 3 rings (SSSR count). The van der Waals surface area contributed by atoms with Gasteiger partial charge in [0.05, 0.1) is 27.1 Å². The molecule has 2 aromatic rings. The Labute approximate surface area is 227 Å². The second kappa shape index (κ2) is 11.0. The van der Waals surface area contributed by atoms with Crippen LogP contribution in [0.5, 0.6) is 0 Å². The molecule has 2 amide bonds. The lowest BCUT2D eigenvalue weighted by molar-refractivity contribution is -0.140. The molecule has 1 unspecified atom stereocenters. The van der Waals surface area contributed by atoms with Crippen LogP contribution >= 0.6 is 23.2 Å². The van der Waals surface area contributed by atoms with E-state index in [-0.39, 0.29) is 34.0 Å². The summed E-state index contributed by atoms with van der Waals surface area (Å²) in [5.41, 5.74) is -4.20. The largest absolute Gasteiger partial charge is 0.417 e. The van der Waals surface area contributed by atoms with E-state index in [9.17, 15) is 44.7 Å². The Hall–Kier alpha value is -2.86. The van der Waals surface area contributed by atoms with E-state index in [4.69, 9.17) is 23.2 Å². The normalized spacial score (nSPS) is 16.2. The highest BCUT2D eigenvalue weighted by atomic mass is 35.5. The number of rotatable bonds is 8. The van der Waals surface area contributed by atoms with Crippen LogP contribution in [-0.2, 0) is 11.0 Å². The lowest BCUT2D eigenvalue weighted by atomic mass is 9.92. The first kappa shape index (κ1) is 30.7. The van der Waals surface area contributed by atoms with Crippen LogP contribution in [0.15, 0.2) is 42.5 Å². The molecule has 39 heavy (non-hydrogen) atoms. The molecule has 0 radical (unpaired) electrons. The molecule has 1 aliphatic rings. The molecule has 0 saturated heterocycles. The summed E-state index contributed by atoms with van der Waals surface area (Å²) in [5, 5.41) is 3.83. The highest BCUT2D eigenvalue weighted by molar-refractivity contribution is 6.42.